The Morgan fingerprint density at radius 2 is 2.00 bits per heavy atom. The summed E-state index contributed by atoms with van der Waals surface area (Å²) in [7, 11) is 0. The van der Waals surface area contributed by atoms with E-state index < -0.39 is 29.0 Å². The maximum atomic E-state index is 13.6. The lowest BCUT2D eigenvalue weighted by atomic mass is 10.0. The number of aromatic nitrogens is 1. The molecule has 32 heavy (non-hydrogen) atoms. The van der Waals surface area contributed by atoms with Crippen LogP contribution >= 0.6 is 0 Å². The standard InChI is InChI=1S/C23H20FN5O3/c1-13-18(20(30)22(32)28-23(6-7-23)8-9-25)17-3-2-10-29(17)19(13)21(31)27-15-4-5-16(24)14(11-15)12-26/h4-5,11H,2-3,6-8,10H2,1H3,(H,27,31)(H,28,32). The van der Waals surface area contributed by atoms with Crippen LogP contribution in [0.4, 0.5) is 10.1 Å². The first kappa shape index (κ1) is 21.3. The van der Waals surface area contributed by atoms with E-state index >= 15 is 0 Å². The fraction of sp³-hybridized carbons (Fsp3) is 0.348. The second-order valence-electron chi connectivity index (χ2n) is 8.21. The lowest BCUT2D eigenvalue weighted by molar-refractivity contribution is -0.117. The van der Waals surface area contributed by atoms with Crippen LogP contribution in [0.1, 0.15) is 63.4 Å². The lowest BCUT2D eigenvalue weighted by Gasteiger charge is -2.13. The average Bonchev–Trinajstić information content (AvgIpc) is 3.23. The smallest absolute Gasteiger partial charge is 0.292 e. The van der Waals surface area contributed by atoms with Gasteiger partial charge in [0.2, 0.25) is 0 Å². The number of Topliss-reactive ketones (excluding diaryl/α,β-unsaturated/α-hetero) is 1. The number of fused-ring (bicyclic) bond motifs is 1. The van der Waals surface area contributed by atoms with Crippen molar-refractivity contribution in [2.24, 2.45) is 0 Å². The number of hydrogen-bond donors (Lipinski definition) is 2. The molecule has 9 heteroatoms. The molecule has 1 aliphatic heterocycles. The zero-order valence-electron chi connectivity index (χ0n) is 17.4. The molecule has 0 radical (unpaired) electrons. The summed E-state index contributed by atoms with van der Waals surface area (Å²) in [6.45, 7) is 2.15. The van der Waals surface area contributed by atoms with Crippen LogP contribution in [0.25, 0.3) is 0 Å². The van der Waals surface area contributed by atoms with Crippen molar-refractivity contribution >= 4 is 23.3 Å². The Balaban J connectivity index is 1.63. The Kier molecular flexibility index (Phi) is 5.27. The highest BCUT2D eigenvalue weighted by atomic mass is 19.1. The van der Waals surface area contributed by atoms with Gasteiger partial charge >= 0.3 is 0 Å². The Labute approximate surface area is 183 Å². The van der Waals surface area contributed by atoms with Crippen LogP contribution in [0.5, 0.6) is 0 Å². The quantitative estimate of drug-likeness (QED) is 0.535. The highest BCUT2D eigenvalue weighted by molar-refractivity contribution is 6.44. The molecule has 2 aliphatic rings. The second kappa shape index (κ2) is 7.93. The summed E-state index contributed by atoms with van der Waals surface area (Å²) in [5.74, 6) is -2.69. The van der Waals surface area contributed by atoms with Crippen LogP contribution in [0, 0.1) is 35.4 Å². The van der Waals surface area contributed by atoms with Crippen LogP contribution in [-0.2, 0) is 17.8 Å². The third kappa shape index (κ3) is 3.63. The highest BCUT2D eigenvalue weighted by Crippen LogP contribution is 2.38. The predicted molar refractivity (Wildman–Crippen MR) is 111 cm³/mol. The fourth-order valence-electron chi connectivity index (χ4n) is 4.25. The number of rotatable bonds is 6. The van der Waals surface area contributed by atoms with Gasteiger partial charge in [0.05, 0.1) is 29.2 Å². The Bertz CT molecular complexity index is 1240. The van der Waals surface area contributed by atoms with Gasteiger partial charge in [-0.25, -0.2) is 4.39 Å². The van der Waals surface area contributed by atoms with Gasteiger partial charge in [0.15, 0.2) is 0 Å². The van der Waals surface area contributed by atoms with E-state index in [1.54, 1.807) is 17.6 Å². The molecule has 1 aliphatic carbocycles. The number of nitrogens with zero attached hydrogens (tertiary/aromatic N) is 3. The first-order valence-electron chi connectivity index (χ1n) is 10.3. The monoisotopic (exact) mass is 433 g/mol. The van der Waals surface area contributed by atoms with Crippen LogP contribution in [0.2, 0.25) is 0 Å². The van der Waals surface area contributed by atoms with E-state index in [9.17, 15) is 18.8 Å². The van der Waals surface area contributed by atoms with E-state index in [2.05, 4.69) is 10.6 Å². The zero-order chi connectivity index (χ0) is 23.0. The Hall–Kier alpha value is -3.98. The summed E-state index contributed by atoms with van der Waals surface area (Å²) < 4.78 is 15.3. The van der Waals surface area contributed by atoms with Crippen molar-refractivity contribution in [2.75, 3.05) is 5.32 Å². The molecule has 1 saturated carbocycles. The van der Waals surface area contributed by atoms with Gasteiger partial charge < -0.3 is 15.2 Å². The third-order valence-electron chi connectivity index (χ3n) is 6.05. The van der Waals surface area contributed by atoms with E-state index in [1.165, 1.54) is 12.1 Å². The first-order valence-corrected chi connectivity index (χ1v) is 10.3. The van der Waals surface area contributed by atoms with Crippen LogP contribution in [-0.4, -0.2) is 27.7 Å². The molecule has 4 rings (SSSR count). The number of carbonyl (C=O) groups is 3. The molecule has 1 aromatic heterocycles. The summed E-state index contributed by atoms with van der Waals surface area (Å²) in [4.78, 5) is 38.7. The zero-order valence-corrected chi connectivity index (χ0v) is 17.4. The number of nitrogens with one attached hydrogen (secondary N) is 2. The van der Waals surface area contributed by atoms with E-state index in [0.29, 0.717) is 37.1 Å². The number of carbonyl (C=O) groups excluding carboxylic acids is 3. The number of hydrogen-bond acceptors (Lipinski definition) is 5. The molecule has 162 valence electrons. The second-order valence-corrected chi connectivity index (χ2v) is 8.21. The number of anilines is 1. The van der Waals surface area contributed by atoms with Gasteiger partial charge in [-0.1, -0.05) is 0 Å². The largest absolute Gasteiger partial charge is 0.343 e. The van der Waals surface area contributed by atoms with Gasteiger partial charge in [-0.3, -0.25) is 14.4 Å². The summed E-state index contributed by atoms with van der Waals surface area (Å²) >= 11 is 0. The van der Waals surface area contributed by atoms with E-state index in [1.807, 2.05) is 6.07 Å². The Morgan fingerprint density at radius 1 is 1.25 bits per heavy atom. The molecule has 2 amide bonds. The lowest BCUT2D eigenvalue weighted by Crippen LogP contribution is -2.41. The minimum absolute atomic E-state index is 0.148. The predicted octanol–water partition coefficient (Wildman–Crippen LogP) is 2.75. The molecule has 2 heterocycles. The van der Waals surface area contributed by atoms with Crippen molar-refractivity contribution in [1.29, 1.82) is 10.5 Å². The van der Waals surface area contributed by atoms with Crippen molar-refractivity contribution in [2.45, 2.75) is 51.1 Å². The molecular weight excluding hydrogens is 413 g/mol. The minimum atomic E-state index is -0.773. The first-order chi connectivity index (χ1) is 15.3. The molecule has 1 aromatic carbocycles. The van der Waals surface area contributed by atoms with Crippen LogP contribution in [0.15, 0.2) is 18.2 Å². The van der Waals surface area contributed by atoms with E-state index in [-0.39, 0.29) is 28.9 Å². The molecule has 2 N–H and O–H groups in total. The number of benzene rings is 1. The highest BCUT2D eigenvalue weighted by Gasteiger charge is 2.45. The van der Waals surface area contributed by atoms with Gasteiger partial charge in [-0.2, -0.15) is 10.5 Å². The molecule has 0 unspecified atom stereocenters. The average molecular weight is 433 g/mol. The summed E-state index contributed by atoms with van der Waals surface area (Å²) in [5.41, 5.74) is 0.932. The van der Waals surface area contributed by atoms with Crippen molar-refractivity contribution in [3.63, 3.8) is 0 Å². The SMILES string of the molecule is Cc1c(C(=O)C(=O)NC2(CC#N)CC2)c2n(c1C(=O)Nc1ccc(F)c(C#N)c1)CCC2. The van der Waals surface area contributed by atoms with Crippen molar-refractivity contribution in [1.82, 2.24) is 9.88 Å². The maximum Gasteiger partial charge on any atom is 0.292 e. The van der Waals surface area contributed by atoms with Crippen molar-refractivity contribution < 1.29 is 18.8 Å². The Morgan fingerprint density at radius 3 is 2.66 bits per heavy atom. The molecular formula is C23H20FN5O3. The summed E-state index contributed by atoms with van der Waals surface area (Å²) in [6, 6.07) is 7.44. The maximum absolute atomic E-state index is 13.6. The van der Waals surface area contributed by atoms with Crippen LogP contribution < -0.4 is 10.6 Å². The fourth-order valence-corrected chi connectivity index (χ4v) is 4.25. The van der Waals surface area contributed by atoms with Crippen molar-refractivity contribution in [3.8, 4) is 12.1 Å². The van der Waals surface area contributed by atoms with Gasteiger partial charge in [0.25, 0.3) is 17.6 Å². The van der Waals surface area contributed by atoms with Gasteiger partial charge in [-0.05, 0) is 56.4 Å². The summed E-state index contributed by atoms with van der Waals surface area (Å²) in [5, 5.41) is 23.3. The number of amides is 2. The molecule has 2 aromatic rings. The van der Waals surface area contributed by atoms with Gasteiger partial charge in [-0.15, -0.1) is 0 Å². The molecule has 1 fully saturated rings. The molecule has 8 nitrogen and oxygen atoms in total. The normalized spacial score (nSPS) is 15.2. The number of nitriles is 2. The minimum Gasteiger partial charge on any atom is -0.343 e. The number of ketones is 1. The van der Waals surface area contributed by atoms with Gasteiger partial charge in [0, 0.05) is 17.9 Å². The molecule has 0 bridgehead atoms. The molecule has 0 spiro atoms. The van der Waals surface area contributed by atoms with Crippen molar-refractivity contribution in [3.05, 3.63) is 52.1 Å². The van der Waals surface area contributed by atoms with Crippen LogP contribution in [0.3, 0.4) is 0 Å². The van der Waals surface area contributed by atoms with E-state index in [4.69, 9.17) is 10.5 Å². The topological polar surface area (TPSA) is 128 Å². The summed E-state index contributed by atoms with van der Waals surface area (Å²) in [6.07, 6.45) is 2.74. The van der Waals surface area contributed by atoms with E-state index in [0.717, 1.165) is 12.5 Å². The molecule has 0 saturated heterocycles. The van der Waals surface area contributed by atoms with Gasteiger partial charge in [0.1, 0.15) is 17.6 Å². The molecule has 0 atom stereocenters. The third-order valence-corrected chi connectivity index (χ3v) is 6.05. The number of halogens is 1.